The molecular formula is C18H23BrO5. The van der Waals surface area contributed by atoms with Gasteiger partial charge in [-0.05, 0) is 36.6 Å². The average molecular weight is 399 g/mol. The Balaban J connectivity index is 1.70. The number of halogens is 1. The second-order valence-electron chi connectivity index (χ2n) is 6.48. The highest BCUT2D eigenvalue weighted by molar-refractivity contribution is 9.10. The third-order valence-corrected chi connectivity index (χ3v) is 5.57. The zero-order valence-electron chi connectivity index (χ0n) is 13.6. The predicted octanol–water partition coefficient (Wildman–Crippen LogP) is 3.92. The molecule has 2 aliphatic rings. The van der Waals surface area contributed by atoms with Gasteiger partial charge in [0.05, 0.1) is 25.9 Å². The normalized spacial score (nSPS) is 20.9. The summed E-state index contributed by atoms with van der Waals surface area (Å²) < 4.78 is 18.1. The number of carboxylic acid groups (broad SMARTS) is 1. The van der Waals surface area contributed by atoms with E-state index in [1.165, 1.54) is 12.8 Å². The summed E-state index contributed by atoms with van der Waals surface area (Å²) in [7, 11) is 0. The molecular weight excluding hydrogens is 376 g/mol. The minimum atomic E-state index is -1.20. The number of carbonyl (C=O) groups is 1. The molecule has 2 fully saturated rings. The van der Waals surface area contributed by atoms with Crippen molar-refractivity contribution in [2.45, 2.75) is 56.8 Å². The molecule has 0 radical (unpaired) electrons. The molecule has 0 bridgehead atoms. The lowest BCUT2D eigenvalue weighted by atomic mass is 9.94. The van der Waals surface area contributed by atoms with Crippen molar-refractivity contribution in [1.82, 2.24) is 0 Å². The van der Waals surface area contributed by atoms with E-state index in [-0.39, 0.29) is 0 Å². The van der Waals surface area contributed by atoms with Crippen molar-refractivity contribution < 1.29 is 24.1 Å². The third-order valence-electron chi connectivity index (χ3n) is 4.80. The van der Waals surface area contributed by atoms with Crippen LogP contribution in [0.25, 0.3) is 0 Å². The summed E-state index contributed by atoms with van der Waals surface area (Å²) in [6, 6.07) is 5.56. The van der Waals surface area contributed by atoms with Gasteiger partial charge in [-0.3, -0.25) is 0 Å². The average Bonchev–Trinajstić information content (AvgIpc) is 3.09. The maximum absolute atomic E-state index is 11.7. The lowest BCUT2D eigenvalue weighted by molar-refractivity contribution is -0.163. The van der Waals surface area contributed by atoms with Crippen LogP contribution in [0.5, 0.6) is 5.75 Å². The fraction of sp³-hybridized carbons (Fsp3) is 0.611. The Hall–Kier alpha value is -1.11. The lowest BCUT2D eigenvalue weighted by Crippen LogP contribution is -2.49. The van der Waals surface area contributed by atoms with Crippen LogP contribution in [0.15, 0.2) is 22.7 Å². The number of aliphatic carboxylic acids is 1. The van der Waals surface area contributed by atoms with Crippen molar-refractivity contribution in [1.29, 1.82) is 0 Å². The van der Waals surface area contributed by atoms with Gasteiger partial charge in [-0.25, -0.2) is 4.79 Å². The van der Waals surface area contributed by atoms with Gasteiger partial charge in [0.2, 0.25) is 5.60 Å². The molecule has 0 aromatic heterocycles. The number of benzene rings is 1. The van der Waals surface area contributed by atoms with Crippen LogP contribution < -0.4 is 4.74 Å². The molecule has 1 saturated carbocycles. The maximum atomic E-state index is 11.7. The number of ether oxygens (including phenoxy) is 3. The Kier molecular flexibility index (Phi) is 5.79. The zero-order valence-corrected chi connectivity index (χ0v) is 15.2. The van der Waals surface area contributed by atoms with Crippen LogP contribution in [0.4, 0.5) is 0 Å². The first-order chi connectivity index (χ1) is 11.6. The topological polar surface area (TPSA) is 65.0 Å². The van der Waals surface area contributed by atoms with Crippen molar-refractivity contribution in [2.24, 2.45) is 0 Å². The van der Waals surface area contributed by atoms with Crippen LogP contribution >= 0.6 is 15.9 Å². The SMILES string of the molecule is O=C(O)C1(Oc2ccc(Br)c(COC3CCCC3)c2)CCOCC1. The van der Waals surface area contributed by atoms with Gasteiger partial charge >= 0.3 is 5.97 Å². The number of hydrogen-bond donors (Lipinski definition) is 1. The summed E-state index contributed by atoms with van der Waals surface area (Å²) in [5, 5.41) is 9.61. The van der Waals surface area contributed by atoms with Crippen LogP contribution in [-0.4, -0.2) is 36.0 Å². The van der Waals surface area contributed by atoms with E-state index >= 15 is 0 Å². The van der Waals surface area contributed by atoms with E-state index in [9.17, 15) is 9.90 Å². The Labute approximate surface area is 150 Å². The second kappa shape index (κ2) is 7.85. The van der Waals surface area contributed by atoms with Crippen LogP contribution in [0.2, 0.25) is 0 Å². The van der Waals surface area contributed by atoms with Crippen molar-refractivity contribution >= 4 is 21.9 Å². The molecule has 1 aromatic carbocycles. The number of rotatable bonds is 6. The first-order valence-corrected chi connectivity index (χ1v) is 9.28. The van der Waals surface area contributed by atoms with Gasteiger partial charge in [-0.1, -0.05) is 28.8 Å². The fourth-order valence-corrected chi connectivity index (χ4v) is 3.64. The maximum Gasteiger partial charge on any atom is 0.348 e. The molecule has 0 spiro atoms. The van der Waals surface area contributed by atoms with Gasteiger partial charge in [0, 0.05) is 17.3 Å². The standard InChI is InChI=1S/C18H23BrO5/c19-16-6-5-15(11-13(16)12-23-14-3-1-2-4-14)24-18(17(20)21)7-9-22-10-8-18/h5-6,11,14H,1-4,7-10,12H2,(H,20,21). The largest absolute Gasteiger partial charge is 0.478 e. The van der Waals surface area contributed by atoms with Gasteiger partial charge in [0.25, 0.3) is 0 Å². The molecule has 6 heteroatoms. The van der Waals surface area contributed by atoms with Crippen LogP contribution in [0, 0.1) is 0 Å². The van der Waals surface area contributed by atoms with E-state index in [1.54, 1.807) is 6.07 Å². The highest BCUT2D eigenvalue weighted by Gasteiger charge is 2.42. The van der Waals surface area contributed by atoms with Crippen molar-refractivity contribution in [3.8, 4) is 5.75 Å². The molecule has 0 unspecified atom stereocenters. The van der Waals surface area contributed by atoms with Crippen LogP contribution in [0.1, 0.15) is 44.1 Å². The van der Waals surface area contributed by atoms with Crippen LogP contribution in [-0.2, 0) is 20.9 Å². The van der Waals surface area contributed by atoms with Gasteiger partial charge in [0.15, 0.2) is 0 Å². The molecule has 132 valence electrons. The smallest absolute Gasteiger partial charge is 0.348 e. The fourth-order valence-electron chi connectivity index (χ4n) is 3.27. The minimum Gasteiger partial charge on any atom is -0.478 e. The first-order valence-electron chi connectivity index (χ1n) is 8.49. The van der Waals surface area contributed by atoms with E-state index in [0.717, 1.165) is 22.9 Å². The van der Waals surface area contributed by atoms with Crippen LogP contribution in [0.3, 0.4) is 0 Å². The Morgan fingerprint density at radius 2 is 2.00 bits per heavy atom. The highest BCUT2D eigenvalue weighted by atomic mass is 79.9. The Morgan fingerprint density at radius 3 is 2.67 bits per heavy atom. The van der Waals surface area contributed by atoms with E-state index in [2.05, 4.69) is 15.9 Å². The summed E-state index contributed by atoms with van der Waals surface area (Å²) >= 11 is 3.54. The summed E-state index contributed by atoms with van der Waals surface area (Å²) in [6.07, 6.45) is 5.75. The van der Waals surface area contributed by atoms with E-state index in [0.29, 0.717) is 44.5 Å². The van der Waals surface area contributed by atoms with E-state index in [1.807, 2.05) is 12.1 Å². The summed E-state index contributed by atoms with van der Waals surface area (Å²) in [6.45, 7) is 1.31. The van der Waals surface area contributed by atoms with Gasteiger partial charge in [-0.15, -0.1) is 0 Å². The van der Waals surface area contributed by atoms with Crippen molar-refractivity contribution in [2.75, 3.05) is 13.2 Å². The number of carboxylic acids is 1. The molecule has 1 aliphatic carbocycles. The molecule has 1 N–H and O–H groups in total. The molecule has 1 aliphatic heterocycles. The molecule has 1 saturated heterocycles. The minimum absolute atomic E-state index is 0.335. The molecule has 1 heterocycles. The molecule has 24 heavy (non-hydrogen) atoms. The van der Waals surface area contributed by atoms with E-state index < -0.39 is 11.6 Å². The monoisotopic (exact) mass is 398 g/mol. The van der Waals surface area contributed by atoms with Gasteiger partial charge in [-0.2, -0.15) is 0 Å². The first kappa shape index (κ1) is 17.7. The predicted molar refractivity (Wildman–Crippen MR) is 92.2 cm³/mol. The molecule has 3 rings (SSSR count). The second-order valence-corrected chi connectivity index (χ2v) is 7.34. The Bertz CT molecular complexity index is 577. The van der Waals surface area contributed by atoms with E-state index in [4.69, 9.17) is 14.2 Å². The molecule has 0 atom stereocenters. The van der Waals surface area contributed by atoms with Crippen molar-refractivity contribution in [3.05, 3.63) is 28.2 Å². The molecule has 0 amide bonds. The highest BCUT2D eigenvalue weighted by Crippen LogP contribution is 2.32. The summed E-state index contributed by atoms with van der Waals surface area (Å²) in [5.41, 5.74) is -0.220. The molecule has 5 nitrogen and oxygen atoms in total. The summed E-state index contributed by atoms with van der Waals surface area (Å²) in [4.78, 5) is 11.7. The third kappa shape index (κ3) is 4.10. The lowest BCUT2D eigenvalue weighted by Gasteiger charge is -2.33. The number of hydrogen-bond acceptors (Lipinski definition) is 4. The quantitative estimate of drug-likeness (QED) is 0.786. The zero-order chi connectivity index (χ0) is 17.0. The van der Waals surface area contributed by atoms with Gasteiger partial charge in [0.1, 0.15) is 5.75 Å². The summed E-state index contributed by atoms with van der Waals surface area (Å²) in [5.74, 6) is -0.370. The van der Waals surface area contributed by atoms with Gasteiger partial charge < -0.3 is 19.3 Å². The Morgan fingerprint density at radius 1 is 1.29 bits per heavy atom. The molecule has 1 aromatic rings. The van der Waals surface area contributed by atoms with Crippen molar-refractivity contribution in [3.63, 3.8) is 0 Å².